The summed E-state index contributed by atoms with van der Waals surface area (Å²) in [5.74, 6) is -0.255. The van der Waals surface area contributed by atoms with E-state index in [9.17, 15) is 22.8 Å². The lowest BCUT2D eigenvalue weighted by atomic mass is 10.1. The normalized spacial score (nSPS) is 11.5. The highest BCUT2D eigenvalue weighted by molar-refractivity contribution is 7.99. The fourth-order valence-electron chi connectivity index (χ4n) is 2.57. The van der Waals surface area contributed by atoms with Crippen molar-refractivity contribution >= 4 is 23.4 Å². The fraction of sp³-hybridized carbons (Fsp3) is 0.222. The molecule has 1 amide bonds. The Labute approximate surface area is 167 Å². The molecule has 7 nitrogen and oxygen atoms in total. The summed E-state index contributed by atoms with van der Waals surface area (Å²) in [6.07, 6.45) is -2.95. The number of benzene rings is 1. The Hall–Kier alpha value is -3.08. The van der Waals surface area contributed by atoms with Gasteiger partial charge in [-0.25, -0.2) is 0 Å². The highest BCUT2D eigenvalue weighted by Gasteiger charge is 2.33. The molecule has 3 rings (SSSR count). The Bertz CT molecular complexity index is 1110. The number of carbonyl (C=O) groups is 1. The molecule has 0 unspecified atom stereocenters. The molecule has 0 bridgehead atoms. The summed E-state index contributed by atoms with van der Waals surface area (Å²) in [6.45, 7) is 0. The summed E-state index contributed by atoms with van der Waals surface area (Å²) in [4.78, 5) is 23.6. The van der Waals surface area contributed by atoms with Crippen molar-refractivity contribution in [3.05, 3.63) is 58.5 Å². The van der Waals surface area contributed by atoms with Gasteiger partial charge in [-0.3, -0.25) is 9.59 Å². The molecule has 2 aromatic heterocycles. The van der Waals surface area contributed by atoms with E-state index in [4.69, 9.17) is 0 Å². The molecule has 29 heavy (non-hydrogen) atoms. The van der Waals surface area contributed by atoms with Crippen molar-refractivity contribution in [2.75, 3.05) is 11.1 Å². The number of hydrogen-bond acceptors (Lipinski definition) is 5. The van der Waals surface area contributed by atoms with Gasteiger partial charge in [-0.15, -0.1) is 10.2 Å². The zero-order valence-electron chi connectivity index (χ0n) is 15.4. The van der Waals surface area contributed by atoms with Crippen LogP contribution in [0.1, 0.15) is 5.56 Å². The number of rotatable bonds is 5. The Morgan fingerprint density at radius 2 is 1.86 bits per heavy atom. The molecule has 0 saturated carbocycles. The van der Waals surface area contributed by atoms with Crippen LogP contribution in [0.25, 0.3) is 11.4 Å². The number of aryl methyl sites for hydroxylation is 1. The maximum atomic E-state index is 13.0. The Balaban J connectivity index is 1.70. The van der Waals surface area contributed by atoms with Crippen LogP contribution in [0, 0.1) is 0 Å². The summed E-state index contributed by atoms with van der Waals surface area (Å²) in [7, 11) is 3.31. The summed E-state index contributed by atoms with van der Waals surface area (Å²) in [5, 5.41) is 10.8. The first-order valence-electron chi connectivity index (χ1n) is 8.32. The lowest BCUT2D eigenvalue weighted by molar-refractivity contribution is -0.137. The molecule has 0 aliphatic carbocycles. The lowest BCUT2D eigenvalue weighted by Crippen LogP contribution is -2.18. The van der Waals surface area contributed by atoms with Crippen LogP contribution in [0.3, 0.4) is 0 Å². The number of para-hydroxylation sites is 1. The summed E-state index contributed by atoms with van der Waals surface area (Å²) in [6, 6.07) is 7.80. The second-order valence-corrected chi connectivity index (χ2v) is 7.05. The van der Waals surface area contributed by atoms with Crippen LogP contribution < -0.4 is 10.9 Å². The molecule has 0 saturated heterocycles. The molecule has 11 heteroatoms. The van der Waals surface area contributed by atoms with Gasteiger partial charge in [0.2, 0.25) is 11.5 Å². The van der Waals surface area contributed by atoms with E-state index in [1.165, 1.54) is 28.8 Å². The Kier molecular flexibility index (Phi) is 5.78. The largest absolute Gasteiger partial charge is 0.418 e. The average molecular weight is 423 g/mol. The predicted octanol–water partition coefficient (Wildman–Crippen LogP) is 2.93. The number of amides is 1. The van der Waals surface area contributed by atoms with E-state index < -0.39 is 17.6 Å². The number of pyridine rings is 1. The SMILES string of the molecule is Cn1c(SCC(=O)Nc2ccccc2C(F)(F)F)nnc1-c1ccc(=O)n(C)c1. The first-order chi connectivity index (χ1) is 13.7. The molecule has 1 N–H and O–H groups in total. The van der Waals surface area contributed by atoms with Gasteiger partial charge in [0.25, 0.3) is 0 Å². The molecular weight excluding hydrogens is 407 g/mol. The van der Waals surface area contributed by atoms with E-state index in [0.29, 0.717) is 16.5 Å². The predicted molar refractivity (Wildman–Crippen MR) is 102 cm³/mol. The van der Waals surface area contributed by atoms with Crippen molar-refractivity contribution in [1.29, 1.82) is 0 Å². The van der Waals surface area contributed by atoms with Crippen molar-refractivity contribution in [2.45, 2.75) is 11.3 Å². The van der Waals surface area contributed by atoms with Crippen molar-refractivity contribution in [1.82, 2.24) is 19.3 Å². The third-order valence-electron chi connectivity index (χ3n) is 4.02. The second-order valence-electron chi connectivity index (χ2n) is 6.11. The smallest absolute Gasteiger partial charge is 0.325 e. The van der Waals surface area contributed by atoms with E-state index in [-0.39, 0.29) is 17.0 Å². The minimum Gasteiger partial charge on any atom is -0.325 e. The van der Waals surface area contributed by atoms with Crippen LogP contribution >= 0.6 is 11.8 Å². The monoisotopic (exact) mass is 423 g/mol. The quantitative estimate of drug-likeness (QED) is 0.638. The van der Waals surface area contributed by atoms with Gasteiger partial charge in [-0.2, -0.15) is 13.2 Å². The fourth-order valence-corrected chi connectivity index (χ4v) is 3.28. The molecule has 0 aliphatic heterocycles. The number of halogens is 3. The minimum atomic E-state index is -4.56. The number of thioether (sulfide) groups is 1. The van der Waals surface area contributed by atoms with Crippen LogP contribution in [0.5, 0.6) is 0 Å². The van der Waals surface area contributed by atoms with E-state index in [0.717, 1.165) is 17.8 Å². The number of carbonyl (C=O) groups excluding carboxylic acids is 1. The standard InChI is InChI=1S/C18H16F3N5O2S/c1-25-9-11(7-8-15(25)28)16-23-24-17(26(16)2)29-10-14(27)22-13-6-4-3-5-12(13)18(19,20)21/h3-9H,10H2,1-2H3,(H,22,27). The molecule has 0 aliphatic rings. The van der Waals surface area contributed by atoms with Crippen molar-refractivity contribution in [3.8, 4) is 11.4 Å². The third-order valence-corrected chi connectivity index (χ3v) is 5.04. The van der Waals surface area contributed by atoms with Crippen LogP contribution in [0.4, 0.5) is 18.9 Å². The van der Waals surface area contributed by atoms with Gasteiger partial charge in [0.05, 0.1) is 17.0 Å². The summed E-state index contributed by atoms with van der Waals surface area (Å²) < 4.78 is 42.1. The molecule has 0 spiro atoms. The van der Waals surface area contributed by atoms with Gasteiger partial charge in [0.1, 0.15) is 0 Å². The van der Waals surface area contributed by atoms with E-state index >= 15 is 0 Å². The minimum absolute atomic E-state index is 0.147. The van der Waals surface area contributed by atoms with Crippen molar-refractivity contribution < 1.29 is 18.0 Å². The third kappa shape index (κ3) is 4.67. The zero-order valence-corrected chi connectivity index (χ0v) is 16.2. The van der Waals surface area contributed by atoms with Gasteiger partial charge in [-0.05, 0) is 18.2 Å². The number of aromatic nitrogens is 4. The lowest BCUT2D eigenvalue weighted by Gasteiger charge is -2.13. The van der Waals surface area contributed by atoms with E-state index in [2.05, 4.69) is 15.5 Å². The van der Waals surface area contributed by atoms with E-state index in [1.54, 1.807) is 30.9 Å². The van der Waals surface area contributed by atoms with Crippen LogP contribution in [-0.4, -0.2) is 31.0 Å². The first-order valence-corrected chi connectivity index (χ1v) is 9.30. The number of hydrogen-bond donors (Lipinski definition) is 1. The van der Waals surface area contributed by atoms with Crippen LogP contribution in [-0.2, 0) is 25.1 Å². The first kappa shape index (κ1) is 20.6. The number of nitrogens with one attached hydrogen (secondary N) is 1. The van der Waals surface area contributed by atoms with Gasteiger partial charge in [0.15, 0.2) is 11.0 Å². The highest BCUT2D eigenvalue weighted by atomic mass is 32.2. The molecule has 2 heterocycles. The zero-order chi connectivity index (χ0) is 21.2. The number of alkyl halides is 3. The maximum Gasteiger partial charge on any atom is 0.418 e. The average Bonchev–Trinajstić information content (AvgIpc) is 3.02. The Morgan fingerprint density at radius 3 is 2.55 bits per heavy atom. The van der Waals surface area contributed by atoms with Crippen molar-refractivity contribution in [2.24, 2.45) is 14.1 Å². The number of nitrogens with zero attached hydrogens (tertiary/aromatic N) is 4. The van der Waals surface area contributed by atoms with Gasteiger partial charge in [-0.1, -0.05) is 23.9 Å². The molecular formula is C18H16F3N5O2S. The van der Waals surface area contributed by atoms with E-state index in [1.807, 2.05) is 0 Å². The number of anilines is 1. The van der Waals surface area contributed by atoms with Crippen LogP contribution in [0.2, 0.25) is 0 Å². The van der Waals surface area contributed by atoms with Crippen LogP contribution in [0.15, 0.2) is 52.5 Å². The topological polar surface area (TPSA) is 81.8 Å². The van der Waals surface area contributed by atoms with Gasteiger partial charge in [0, 0.05) is 31.9 Å². The summed E-state index contributed by atoms with van der Waals surface area (Å²) in [5.41, 5.74) is -0.706. The highest BCUT2D eigenvalue weighted by Crippen LogP contribution is 2.34. The molecule has 0 atom stereocenters. The molecule has 152 valence electrons. The molecule has 0 radical (unpaired) electrons. The Morgan fingerprint density at radius 1 is 1.14 bits per heavy atom. The second kappa shape index (κ2) is 8.11. The van der Waals surface area contributed by atoms with Gasteiger partial charge < -0.3 is 14.5 Å². The molecule has 3 aromatic rings. The maximum absolute atomic E-state index is 13.0. The summed E-state index contributed by atoms with van der Waals surface area (Å²) >= 11 is 1.04. The van der Waals surface area contributed by atoms with Gasteiger partial charge >= 0.3 is 6.18 Å². The molecule has 1 aromatic carbocycles. The molecule has 0 fully saturated rings. The van der Waals surface area contributed by atoms with Crippen molar-refractivity contribution in [3.63, 3.8) is 0 Å².